The fraction of sp³-hybridized carbons (Fsp3) is 0.250. The molecule has 0 saturated carbocycles. The van der Waals surface area contributed by atoms with Crippen molar-refractivity contribution < 1.29 is 40.2 Å². The predicted molar refractivity (Wildman–Crippen MR) is 39.5 cm³/mol. The molecule has 1 aliphatic rings. The first kappa shape index (κ1) is 11.9. The fourth-order valence-electron chi connectivity index (χ4n) is 0.611. The van der Waals surface area contributed by atoms with E-state index in [1.807, 2.05) is 0 Å². The third kappa shape index (κ3) is 3.83. The molecule has 9 nitrogen and oxygen atoms in total. The molecule has 0 radical (unpaired) electrons. The molecule has 2 atom stereocenters. The molecule has 1 heterocycles. The average Bonchev–Trinajstić information content (AvgIpc) is 2.08. The second-order valence-corrected chi connectivity index (χ2v) is 3.08. The van der Waals surface area contributed by atoms with Crippen LogP contribution in [-0.4, -0.2) is 30.3 Å². The van der Waals surface area contributed by atoms with Crippen LogP contribution in [0.25, 0.3) is 0 Å². The Morgan fingerprint density at radius 2 is 1.80 bits per heavy atom. The van der Waals surface area contributed by atoms with E-state index >= 15 is 0 Å². The van der Waals surface area contributed by atoms with Crippen molar-refractivity contribution in [3.05, 3.63) is 11.7 Å². The first-order valence-electron chi connectivity index (χ1n) is 3.12. The van der Waals surface area contributed by atoms with Crippen LogP contribution in [0.4, 0.5) is 4.79 Å². The van der Waals surface area contributed by atoms with E-state index in [2.05, 4.69) is 17.8 Å². The first-order valence-corrected chi connectivity index (χ1v) is 5.12. The molecule has 1 aliphatic heterocycles. The summed E-state index contributed by atoms with van der Waals surface area (Å²) in [7, 11) is 0. The maximum absolute atomic E-state index is 10.5. The predicted octanol–water partition coefficient (Wildman–Crippen LogP) is -1.06. The second kappa shape index (κ2) is 5.06. The standard InChI is InChI=1S/C4H4O9S2/c5-4-10-1-2(12-14(6)7)3(11-4)13-15(8)9/h1H2,(H,6,7)(H,8,9)/p-2. The van der Waals surface area contributed by atoms with Gasteiger partial charge < -0.3 is 26.9 Å². The Balaban J connectivity index is 2.84. The molecular weight excluding hydrogens is 256 g/mol. The van der Waals surface area contributed by atoms with Crippen molar-refractivity contribution in [2.75, 3.05) is 6.61 Å². The first-order chi connectivity index (χ1) is 6.99. The molecule has 0 bridgehead atoms. The molecule has 0 aromatic heterocycles. The summed E-state index contributed by atoms with van der Waals surface area (Å²) in [5, 5.41) is 0. The van der Waals surface area contributed by atoms with Gasteiger partial charge in [-0.25, -0.2) is 13.2 Å². The lowest BCUT2D eigenvalue weighted by atomic mass is 10.5. The van der Waals surface area contributed by atoms with E-state index in [1.54, 1.807) is 0 Å². The van der Waals surface area contributed by atoms with Gasteiger partial charge >= 0.3 is 12.1 Å². The summed E-state index contributed by atoms with van der Waals surface area (Å²) >= 11 is -6.01. The van der Waals surface area contributed by atoms with Crippen molar-refractivity contribution >= 4 is 28.9 Å². The molecule has 0 aromatic rings. The SMILES string of the molecule is O=C1OCC(OS(=O)[O-])=C(OS(=O)[O-])O1. The van der Waals surface area contributed by atoms with Gasteiger partial charge in [0, 0.05) is 0 Å². The van der Waals surface area contributed by atoms with E-state index in [0.29, 0.717) is 0 Å². The van der Waals surface area contributed by atoms with Crippen LogP contribution >= 0.6 is 0 Å². The fourth-order valence-corrected chi connectivity index (χ4v) is 1.14. The molecule has 1 rings (SSSR count). The molecule has 0 spiro atoms. The molecular formula is C4H2O9S2-2. The molecule has 0 amide bonds. The Kier molecular flexibility index (Phi) is 4.02. The molecule has 15 heavy (non-hydrogen) atoms. The van der Waals surface area contributed by atoms with Gasteiger partial charge in [-0.1, -0.05) is 0 Å². The Morgan fingerprint density at radius 3 is 2.33 bits per heavy atom. The van der Waals surface area contributed by atoms with E-state index in [1.165, 1.54) is 0 Å². The van der Waals surface area contributed by atoms with Crippen LogP contribution in [0.1, 0.15) is 0 Å². The molecule has 0 N–H and O–H groups in total. The highest BCUT2D eigenvalue weighted by Crippen LogP contribution is 2.18. The van der Waals surface area contributed by atoms with Crippen LogP contribution in [0.15, 0.2) is 11.7 Å². The molecule has 0 saturated heterocycles. The summed E-state index contributed by atoms with van der Waals surface area (Å²) < 4.78 is 56.8. The van der Waals surface area contributed by atoms with E-state index in [0.717, 1.165) is 0 Å². The Morgan fingerprint density at radius 1 is 1.20 bits per heavy atom. The molecule has 0 aliphatic carbocycles. The lowest BCUT2D eigenvalue weighted by Crippen LogP contribution is -2.22. The van der Waals surface area contributed by atoms with E-state index in [9.17, 15) is 22.3 Å². The highest BCUT2D eigenvalue weighted by molar-refractivity contribution is 7.74. The zero-order chi connectivity index (χ0) is 11.4. The number of cyclic esters (lactones) is 2. The summed E-state index contributed by atoms with van der Waals surface area (Å²) in [5.74, 6) is -1.49. The maximum Gasteiger partial charge on any atom is 0.516 e. The van der Waals surface area contributed by atoms with Crippen molar-refractivity contribution in [1.82, 2.24) is 0 Å². The van der Waals surface area contributed by atoms with Gasteiger partial charge in [0.25, 0.3) is 0 Å². The van der Waals surface area contributed by atoms with Gasteiger partial charge in [0.05, 0.1) is 0 Å². The smallest absolute Gasteiger partial charge is 0.516 e. The van der Waals surface area contributed by atoms with Gasteiger partial charge in [-0.3, -0.25) is 0 Å². The van der Waals surface area contributed by atoms with Crippen LogP contribution < -0.4 is 0 Å². The minimum Gasteiger partial charge on any atom is -0.740 e. The van der Waals surface area contributed by atoms with Crippen molar-refractivity contribution in [2.45, 2.75) is 0 Å². The monoisotopic (exact) mass is 258 g/mol. The lowest BCUT2D eigenvalue weighted by Gasteiger charge is -2.19. The highest BCUT2D eigenvalue weighted by atomic mass is 32.2. The number of hydrogen-bond donors (Lipinski definition) is 0. The molecule has 86 valence electrons. The normalized spacial score (nSPS) is 20.0. The zero-order valence-electron chi connectivity index (χ0n) is 6.70. The van der Waals surface area contributed by atoms with Crippen LogP contribution in [0.2, 0.25) is 0 Å². The quantitative estimate of drug-likeness (QED) is 0.456. The number of rotatable bonds is 4. The highest BCUT2D eigenvalue weighted by Gasteiger charge is 2.25. The third-order valence-corrected chi connectivity index (χ3v) is 1.66. The lowest BCUT2D eigenvalue weighted by molar-refractivity contribution is 0.0188. The van der Waals surface area contributed by atoms with Crippen molar-refractivity contribution in [2.24, 2.45) is 0 Å². The van der Waals surface area contributed by atoms with Gasteiger partial charge in [-0.05, 0) is 0 Å². The Hall–Kier alpha value is -1.17. The maximum atomic E-state index is 10.5. The van der Waals surface area contributed by atoms with Crippen LogP contribution in [-0.2, 0) is 40.6 Å². The van der Waals surface area contributed by atoms with Crippen molar-refractivity contribution in [3.63, 3.8) is 0 Å². The molecule has 2 unspecified atom stereocenters. The van der Waals surface area contributed by atoms with Crippen LogP contribution in [0.5, 0.6) is 0 Å². The number of carbonyl (C=O) groups is 1. The van der Waals surface area contributed by atoms with E-state index in [-0.39, 0.29) is 0 Å². The minimum atomic E-state index is -3.04. The largest absolute Gasteiger partial charge is 0.740 e. The summed E-state index contributed by atoms with van der Waals surface area (Å²) in [6, 6.07) is 0. The Labute approximate surface area is 87.9 Å². The molecule has 11 heteroatoms. The minimum absolute atomic E-state index is 0.591. The van der Waals surface area contributed by atoms with Crippen LogP contribution in [0.3, 0.4) is 0 Å². The van der Waals surface area contributed by atoms with Crippen molar-refractivity contribution in [3.8, 4) is 0 Å². The average molecular weight is 258 g/mol. The second-order valence-electron chi connectivity index (χ2n) is 1.93. The van der Waals surface area contributed by atoms with E-state index < -0.39 is 47.2 Å². The number of hydrogen-bond acceptors (Lipinski definition) is 9. The Bertz CT molecular complexity index is 346. The third-order valence-electron chi connectivity index (χ3n) is 1.04. The summed E-state index contributed by atoms with van der Waals surface area (Å²) in [6.45, 7) is -0.612. The van der Waals surface area contributed by atoms with Gasteiger partial charge in [-0.15, -0.1) is 0 Å². The van der Waals surface area contributed by atoms with Gasteiger partial charge in [-0.2, -0.15) is 0 Å². The van der Waals surface area contributed by atoms with Gasteiger partial charge in [0.1, 0.15) is 22.7 Å². The number of carbonyl (C=O) groups excluding carboxylic acids is 1. The van der Waals surface area contributed by atoms with Gasteiger partial charge in [0.2, 0.25) is 5.76 Å². The van der Waals surface area contributed by atoms with Crippen molar-refractivity contribution in [1.29, 1.82) is 0 Å². The number of ether oxygens (including phenoxy) is 2. The van der Waals surface area contributed by atoms with Crippen LogP contribution in [0, 0.1) is 0 Å². The molecule has 0 fully saturated rings. The summed E-state index contributed by atoms with van der Waals surface area (Å²) in [4.78, 5) is 10.5. The van der Waals surface area contributed by atoms with Gasteiger partial charge in [0.15, 0.2) is 6.61 Å². The summed E-state index contributed by atoms with van der Waals surface area (Å²) in [5.41, 5.74) is 0. The topological polar surface area (TPSA) is 134 Å². The summed E-state index contributed by atoms with van der Waals surface area (Å²) in [6.07, 6.45) is -1.24. The zero-order valence-corrected chi connectivity index (χ0v) is 8.33. The van der Waals surface area contributed by atoms with E-state index in [4.69, 9.17) is 0 Å². The molecule has 0 aromatic carbocycles.